The van der Waals surface area contributed by atoms with Crippen LogP contribution in [0.5, 0.6) is 5.75 Å². The van der Waals surface area contributed by atoms with E-state index in [4.69, 9.17) is 17.0 Å². The summed E-state index contributed by atoms with van der Waals surface area (Å²) in [5.74, 6) is 0.888. The summed E-state index contributed by atoms with van der Waals surface area (Å²) >= 11 is 5.23. The Balaban J connectivity index is 1.66. The van der Waals surface area contributed by atoms with E-state index in [-0.39, 0.29) is 0 Å². The van der Waals surface area contributed by atoms with Crippen molar-refractivity contribution >= 4 is 23.0 Å². The Hall–Kier alpha value is -2.14. The molecule has 2 aromatic rings. The van der Waals surface area contributed by atoms with Crippen molar-refractivity contribution in [1.82, 2.24) is 10.3 Å². The van der Waals surface area contributed by atoms with Crippen LogP contribution in [-0.2, 0) is 6.42 Å². The molecule has 110 valence electrons. The molecule has 1 aromatic heterocycles. The van der Waals surface area contributed by atoms with Crippen LogP contribution in [0.1, 0.15) is 12.0 Å². The van der Waals surface area contributed by atoms with E-state index in [1.807, 2.05) is 24.3 Å². The molecule has 1 heterocycles. The summed E-state index contributed by atoms with van der Waals surface area (Å²) in [5, 5.41) is 6.91. The Morgan fingerprint density at radius 3 is 2.71 bits per heavy atom. The van der Waals surface area contributed by atoms with Crippen LogP contribution in [0.25, 0.3) is 0 Å². The number of anilines is 1. The standard InChI is InChI=1S/C16H19N3OS/c1-20-15-8-6-13(7-9-15)4-2-11-18-16(21)19-14-5-3-10-17-12-14/h3,5-10,12H,2,4,11H2,1H3,(H2,18,19,21). The van der Waals surface area contributed by atoms with Crippen molar-refractivity contribution in [3.05, 3.63) is 54.4 Å². The van der Waals surface area contributed by atoms with Crippen molar-refractivity contribution in [2.75, 3.05) is 19.0 Å². The van der Waals surface area contributed by atoms with Crippen LogP contribution < -0.4 is 15.4 Å². The molecule has 21 heavy (non-hydrogen) atoms. The van der Waals surface area contributed by atoms with E-state index in [1.54, 1.807) is 19.5 Å². The Morgan fingerprint density at radius 2 is 2.05 bits per heavy atom. The first-order valence-electron chi connectivity index (χ1n) is 6.86. The van der Waals surface area contributed by atoms with Crippen LogP contribution in [0, 0.1) is 0 Å². The number of rotatable bonds is 6. The number of hydrogen-bond acceptors (Lipinski definition) is 3. The van der Waals surface area contributed by atoms with Crippen LogP contribution >= 0.6 is 12.2 Å². The van der Waals surface area contributed by atoms with Crippen molar-refractivity contribution in [2.45, 2.75) is 12.8 Å². The number of aromatic nitrogens is 1. The summed E-state index contributed by atoms with van der Waals surface area (Å²) in [6.07, 6.45) is 5.50. The number of ether oxygens (including phenoxy) is 1. The van der Waals surface area contributed by atoms with Gasteiger partial charge >= 0.3 is 0 Å². The zero-order valence-electron chi connectivity index (χ0n) is 12.0. The molecule has 0 amide bonds. The zero-order valence-corrected chi connectivity index (χ0v) is 12.8. The van der Waals surface area contributed by atoms with Crippen LogP contribution in [-0.4, -0.2) is 23.8 Å². The number of nitrogens with zero attached hydrogens (tertiary/aromatic N) is 1. The third-order valence-corrected chi connectivity index (χ3v) is 3.25. The van der Waals surface area contributed by atoms with Gasteiger partial charge < -0.3 is 15.4 Å². The minimum Gasteiger partial charge on any atom is -0.497 e. The first-order valence-corrected chi connectivity index (χ1v) is 7.26. The van der Waals surface area contributed by atoms with Crippen molar-refractivity contribution in [3.8, 4) is 5.75 Å². The van der Waals surface area contributed by atoms with Gasteiger partial charge in [0.25, 0.3) is 0 Å². The Kier molecular flexibility index (Phi) is 5.97. The molecule has 4 nitrogen and oxygen atoms in total. The van der Waals surface area contributed by atoms with Gasteiger partial charge in [-0.15, -0.1) is 0 Å². The molecule has 0 aliphatic carbocycles. The van der Waals surface area contributed by atoms with Gasteiger partial charge in [0.2, 0.25) is 0 Å². The van der Waals surface area contributed by atoms with E-state index in [2.05, 4.69) is 27.8 Å². The van der Waals surface area contributed by atoms with Gasteiger partial charge in [0.05, 0.1) is 19.0 Å². The average molecular weight is 301 g/mol. The van der Waals surface area contributed by atoms with Gasteiger partial charge in [-0.05, 0) is 54.9 Å². The van der Waals surface area contributed by atoms with Crippen molar-refractivity contribution < 1.29 is 4.74 Å². The molecule has 0 saturated carbocycles. The lowest BCUT2D eigenvalue weighted by molar-refractivity contribution is 0.414. The molecule has 0 saturated heterocycles. The quantitative estimate of drug-likeness (QED) is 0.634. The summed E-state index contributed by atoms with van der Waals surface area (Å²) in [7, 11) is 1.68. The monoisotopic (exact) mass is 301 g/mol. The maximum Gasteiger partial charge on any atom is 0.170 e. The first kappa shape index (κ1) is 15.3. The fourth-order valence-corrected chi connectivity index (χ4v) is 2.12. The summed E-state index contributed by atoms with van der Waals surface area (Å²) in [5.41, 5.74) is 2.19. The smallest absolute Gasteiger partial charge is 0.170 e. The maximum atomic E-state index is 5.23. The number of methoxy groups -OCH3 is 1. The van der Waals surface area contributed by atoms with Gasteiger partial charge in [-0.2, -0.15) is 0 Å². The SMILES string of the molecule is COc1ccc(CCCNC(=S)Nc2cccnc2)cc1. The van der Waals surface area contributed by atoms with Gasteiger partial charge in [-0.1, -0.05) is 12.1 Å². The Bertz CT molecular complexity index is 557. The lowest BCUT2D eigenvalue weighted by Gasteiger charge is -2.10. The first-order chi connectivity index (χ1) is 10.3. The topological polar surface area (TPSA) is 46.2 Å². The van der Waals surface area contributed by atoms with E-state index in [1.165, 1.54) is 5.56 Å². The lowest BCUT2D eigenvalue weighted by atomic mass is 10.1. The number of benzene rings is 1. The number of aryl methyl sites for hydroxylation is 1. The van der Waals surface area contributed by atoms with Gasteiger partial charge in [-0.25, -0.2) is 0 Å². The number of hydrogen-bond donors (Lipinski definition) is 2. The minimum absolute atomic E-state index is 0.623. The largest absolute Gasteiger partial charge is 0.497 e. The molecule has 0 radical (unpaired) electrons. The third kappa shape index (κ3) is 5.39. The molecule has 0 aliphatic rings. The average Bonchev–Trinajstić information content (AvgIpc) is 2.53. The molecular formula is C16H19N3OS. The van der Waals surface area contributed by atoms with Gasteiger partial charge in [0.15, 0.2) is 5.11 Å². The fraction of sp³-hybridized carbons (Fsp3) is 0.250. The van der Waals surface area contributed by atoms with Crippen molar-refractivity contribution in [1.29, 1.82) is 0 Å². The second-order valence-corrected chi connectivity index (χ2v) is 4.98. The lowest BCUT2D eigenvalue weighted by Crippen LogP contribution is -2.29. The molecule has 2 N–H and O–H groups in total. The van der Waals surface area contributed by atoms with Gasteiger partial charge in [0, 0.05) is 12.7 Å². The van der Waals surface area contributed by atoms with E-state index in [9.17, 15) is 0 Å². The molecular weight excluding hydrogens is 282 g/mol. The molecule has 0 atom stereocenters. The van der Waals surface area contributed by atoms with Crippen LogP contribution in [0.2, 0.25) is 0 Å². The number of thiocarbonyl (C=S) groups is 1. The molecule has 0 bridgehead atoms. The highest BCUT2D eigenvalue weighted by atomic mass is 32.1. The van der Waals surface area contributed by atoms with Crippen LogP contribution in [0.4, 0.5) is 5.69 Å². The third-order valence-electron chi connectivity index (χ3n) is 3.01. The summed E-state index contributed by atoms with van der Waals surface area (Å²) in [4.78, 5) is 4.03. The summed E-state index contributed by atoms with van der Waals surface area (Å²) in [6, 6.07) is 11.9. The second kappa shape index (κ2) is 8.21. The number of nitrogens with one attached hydrogen (secondary N) is 2. The molecule has 1 aromatic carbocycles. The van der Waals surface area contributed by atoms with E-state index in [0.29, 0.717) is 5.11 Å². The molecule has 2 rings (SSSR count). The normalized spacial score (nSPS) is 9.95. The van der Waals surface area contributed by atoms with E-state index in [0.717, 1.165) is 30.8 Å². The zero-order chi connectivity index (χ0) is 14.9. The second-order valence-electron chi connectivity index (χ2n) is 4.57. The molecule has 0 aliphatic heterocycles. The van der Waals surface area contributed by atoms with Crippen molar-refractivity contribution in [3.63, 3.8) is 0 Å². The van der Waals surface area contributed by atoms with Gasteiger partial charge in [0.1, 0.15) is 5.75 Å². The van der Waals surface area contributed by atoms with E-state index >= 15 is 0 Å². The molecule has 0 fully saturated rings. The highest BCUT2D eigenvalue weighted by molar-refractivity contribution is 7.80. The minimum atomic E-state index is 0.623. The maximum absolute atomic E-state index is 5.23. The fourth-order valence-electron chi connectivity index (χ4n) is 1.90. The number of pyridine rings is 1. The highest BCUT2D eigenvalue weighted by Gasteiger charge is 1.98. The summed E-state index contributed by atoms with van der Waals surface area (Å²) in [6.45, 7) is 0.831. The van der Waals surface area contributed by atoms with Crippen molar-refractivity contribution in [2.24, 2.45) is 0 Å². The van der Waals surface area contributed by atoms with Crippen LogP contribution in [0.15, 0.2) is 48.8 Å². The van der Waals surface area contributed by atoms with Crippen LogP contribution in [0.3, 0.4) is 0 Å². The Labute approximate surface area is 130 Å². The predicted octanol–water partition coefficient (Wildman–Crippen LogP) is 3.01. The molecule has 5 heteroatoms. The highest BCUT2D eigenvalue weighted by Crippen LogP contribution is 2.12. The van der Waals surface area contributed by atoms with E-state index < -0.39 is 0 Å². The summed E-state index contributed by atoms with van der Waals surface area (Å²) < 4.78 is 5.14. The molecule has 0 spiro atoms. The van der Waals surface area contributed by atoms with Gasteiger partial charge in [-0.3, -0.25) is 4.98 Å². The predicted molar refractivity (Wildman–Crippen MR) is 89.8 cm³/mol. The Morgan fingerprint density at radius 1 is 1.24 bits per heavy atom. The molecule has 0 unspecified atom stereocenters.